The van der Waals surface area contributed by atoms with Crippen molar-refractivity contribution in [2.75, 3.05) is 26.2 Å². The van der Waals surface area contributed by atoms with E-state index in [0.717, 1.165) is 61.4 Å². The molecule has 22 heavy (non-hydrogen) atoms. The SMILES string of the molecule is Cc1sc(=O)n(CCC(=O)N2CC[C@@H]3CNC[C@@H]3CC2)c1C. The van der Waals surface area contributed by atoms with Crippen molar-refractivity contribution in [3.63, 3.8) is 0 Å². The summed E-state index contributed by atoms with van der Waals surface area (Å²) in [6.07, 6.45) is 2.66. The average molecular weight is 323 g/mol. The fourth-order valence-electron chi connectivity index (χ4n) is 3.68. The van der Waals surface area contributed by atoms with Crippen LogP contribution in [0.15, 0.2) is 4.79 Å². The molecule has 1 N–H and O–H groups in total. The number of rotatable bonds is 3. The maximum Gasteiger partial charge on any atom is 0.307 e. The van der Waals surface area contributed by atoms with Crippen LogP contribution >= 0.6 is 11.3 Å². The van der Waals surface area contributed by atoms with Gasteiger partial charge < -0.3 is 14.8 Å². The Labute approximate surface area is 135 Å². The van der Waals surface area contributed by atoms with Crippen LogP contribution in [0, 0.1) is 25.7 Å². The van der Waals surface area contributed by atoms with Gasteiger partial charge in [-0.05, 0) is 51.6 Å². The first-order valence-corrected chi connectivity index (χ1v) is 9.03. The molecule has 2 aliphatic rings. The molecule has 0 bridgehead atoms. The largest absolute Gasteiger partial charge is 0.343 e. The molecular weight excluding hydrogens is 298 g/mol. The number of nitrogens with one attached hydrogen (secondary N) is 1. The molecule has 1 aromatic heterocycles. The second-order valence-corrected chi connectivity index (χ2v) is 7.71. The molecule has 1 amide bonds. The van der Waals surface area contributed by atoms with Crippen LogP contribution in [0.4, 0.5) is 0 Å². The Kier molecular flexibility index (Phi) is 4.68. The Morgan fingerprint density at radius 1 is 1.23 bits per heavy atom. The zero-order valence-electron chi connectivity index (χ0n) is 13.4. The summed E-state index contributed by atoms with van der Waals surface area (Å²) in [5, 5.41) is 3.46. The lowest BCUT2D eigenvalue weighted by Crippen LogP contribution is -2.33. The molecule has 0 unspecified atom stereocenters. The van der Waals surface area contributed by atoms with E-state index in [-0.39, 0.29) is 10.8 Å². The van der Waals surface area contributed by atoms with Gasteiger partial charge in [-0.25, -0.2) is 0 Å². The Bertz CT molecular complexity index is 593. The normalized spacial score (nSPS) is 25.1. The minimum absolute atomic E-state index is 0.0549. The Morgan fingerprint density at radius 2 is 1.86 bits per heavy atom. The van der Waals surface area contributed by atoms with Crippen molar-refractivity contribution in [1.82, 2.24) is 14.8 Å². The Hall–Kier alpha value is -1.14. The van der Waals surface area contributed by atoms with Gasteiger partial charge in [-0.2, -0.15) is 0 Å². The summed E-state index contributed by atoms with van der Waals surface area (Å²) in [6.45, 7) is 8.39. The molecule has 5 nitrogen and oxygen atoms in total. The molecule has 0 saturated carbocycles. The van der Waals surface area contributed by atoms with Crippen LogP contribution in [0.25, 0.3) is 0 Å². The van der Waals surface area contributed by atoms with E-state index in [1.54, 1.807) is 4.57 Å². The smallest absolute Gasteiger partial charge is 0.307 e. The fraction of sp³-hybridized carbons (Fsp3) is 0.750. The Balaban J connectivity index is 1.57. The number of amides is 1. The fourth-order valence-corrected chi connectivity index (χ4v) is 4.54. The summed E-state index contributed by atoms with van der Waals surface area (Å²) >= 11 is 1.27. The molecule has 0 aromatic carbocycles. The summed E-state index contributed by atoms with van der Waals surface area (Å²) in [5.74, 6) is 1.67. The number of carbonyl (C=O) groups is 1. The van der Waals surface area contributed by atoms with Gasteiger partial charge in [0.15, 0.2) is 0 Å². The zero-order valence-corrected chi connectivity index (χ0v) is 14.2. The first-order chi connectivity index (χ1) is 10.6. The van der Waals surface area contributed by atoms with Gasteiger partial charge in [0.1, 0.15) is 0 Å². The van der Waals surface area contributed by atoms with E-state index in [1.165, 1.54) is 11.3 Å². The van der Waals surface area contributed by atoms with Crippen LogP contribution in [-0.2, 0) is 11.3 Å². The zero-order chi connectivity index (χ0) is 15.7. The van der Waals surface area contributed by atoms with Gasteiger partial charge in [-0.15, -0.1) is 0 Å². The van der Waals surface area contributed by atoms with E-state index in [9.17, 15) is 9.59 Å². The van der Waals surface area contributed by atoms with Gasteiger partial charge in [0.2, 0.25) is 5.91 Å². The van der Waals surface area contributed by atoms with Crippen molar-refractivity contribution in [2.45, 2.75) is 39.7 Å². The number of likely N-dealkylation sites (tertiary alicyclic amines) is 1. The van der Waals surface area contributed by atoms with Crippen molar-refractivity contribution in [2.24, 2.45) is 11.8 Å². The highest BCUT2D eigenvalue weighted by Crippen LogP contribution is 2.27. The molecule has 2 aliphatic heterocycles. The third-order valence-electron chi connectivity index (χ3n) is 5.30. The van der Waals surface area contributed by atoms with Gasteiger partial charge in [0, 0.05) is 36.6 Å². The number of aryl methyl sites for hydroxylation is 1. The predicted molar refractivity (Wildman–Crippen MR) is 88.3 cm³/mol. The second kappa shape index (κ2) is 6.54. The van der Waals surface area contributed by atoms with Crippen LogP contribution in [0.1, 0.15) is 29.8 Å². The van der Waals surface area contributed by atoms with Crippen molar-refractivity contribution >= 4 is 17.2 Å². The van der Waals surface area contributed by atoms with E-state index in [2.05, 4.69) is 5.32 Å². The van der Waals surface area contributed by atoms with E-state index in [1.807, 2.05) is 18.7 Å². The number of thiazole rings is 1. The molecule has 0 aliphatic carbocycles. The predicted octanol–water partition coefficient (Wildman–Crippen LogP) is 1.37. The molecule has 2 atom stereocenters. The van der Waals surface area contributed by atoms with Crippen LogP contribution in [0.3, 0.4) is 0 Å². The average Bonchev–Trinajstić information content (AvgIpc) is 2.96. The minimum atomic E-state index is 0.0549. The monoisotopic (exact) mass is 323 g/mol. The van der Waals surface area contributed by atoms with Gasteiger partial charge in [0.25, 0.3) is 0 Å². The molecule has 6 heteroatoms. The van der Waals surface area contributed by atoms with Crippen LogP contribution in [0.5, 0.6) is 0 Å². The standard InChI is InChI=1S/C16H25N3O2S/c1-11-12(2)22-16(21)19(11)8-5-15(20)18-6-3-13-9-17-10-14(13)4-7-18/h13-14,17H,3-10H2,1-2H3/t13-,14+. The number of aromatic nitrogens is 1. The summed E-state index contributed by atoms with van der Waals surface area (Å²) in [4.78, 5) is 27.5. The number of fused-ring (bicyclic) bond motifs is 1. The van der Waals surface area contributed by atoms with Gasteiger partial charge in [0.05, 0.1) is 0 Å². The first kappa shape index (κ1) is 15.7. The number of carbonyl (C=O) groups excluding carboxylic acids is 1. The number of hydrogen-bond donors (Lipinski definition) is 1. The molecule has 2 saturated heterocycles. The van der Waals surface area contributed by atoms with Crippen molar-refractivity contribution in [3.05, 3.63) is 20.2 Å². The lowest BCUT2D eigenvalue weighted by atomic mass is 9.92. The summed E-state index contributed by atoms with van der Waals surface area (Å²) in [5.41, 5.74) is 0.999. The highest BCUT2D eigenvalue weighted by molar-refractivity contribution is 7.09. The minimum Gasteiger partial charge on any atom is -0.343 e. The third-order valence-corrected chi connectivity index (χ3v) is 6.29. The highest BCUT2D eigenvalue weighted by atomic mass is 32.1. The maximum absolute atomic E-state index is 12.5. The van der Waals surface area contributed by atoms with E-state index >= 15 is 0 Å². The Morgan fingerprint density at radius 3 is 2.41 bits per heavy atom. The van der Waals surface area contributed by atoms with E-state index in [4.69, 9.17) is 0 Å². The van der Waals surface area contributed by atoms with Crippen molar-refractivity contribution in [1.29, 1.82) is 0 Å². The molecule has 1 aromatic rings. The lowest BCUT2D eigenvalue weighted by Gasteiger charge is -2.21. The number of nitrogens with zero attached hydrogens (tertiary/aromatic N) is 2. The van der Waals surface area contributed by atoms with Gasteiger partial charge >= 0.3 is 4.87 Å². The second-order valence-electron chi connectivity index (χ2n) is 6.55. The summed E-state index contributed by atoms with van der Waals surface area (Å²) in [6, 6.07) is 0. The van der Waals surface area contributed by atoms with E-state index < -0.39 is 0 Å². The molecule has 3 rings (SSSR count). The third kappa shape index (κ3) is 3.13. The van der Waals surface area contributed by atoms with Crippen LogP contribution in [-0.4, -0.2) is 41.6 Å². The molecule has 122 valence electrons. The molecule has 2 fully saturated rings. The summed E-state index contributed by atoms with van der Waals surface area (Å²) in [7, 11) is 0. The maximum atomic E-state index is 12.5. The molecular formula is C16H25N3O2S. The van der Waals surface area contributed by atoms with E-state index in [0.29, 0.717) is 13.0 Å². The molecule has 0 spiro atoms. The lowest BCUT2D eigenvalue weighted by molar-refractivity contribution is -0.131. The molecule has 0 radical (unpaired) electrons. The first-order valence-electron chi connectivity index (χ1n) is 8.21. The summed E-state index contributed by atoms with van der Waals surface area (Å²) < 4.78 is 1.74. The van der Waals surface area contributed by atoms with Crippen LogP contribution < -0.4 is 10.2 Å². The van der Waals surface area contributed by atoms with Gasteiger partial charge in [-0.1, -0.05) is 11.3 Å². The molecule has 3 heterocycles. The number of hydrogen-bond acceptors (Lipinski definition) is 4. The van der Waals surface area contributed by atoms with Crippen molar-refractivity contribution in [3.8, 4) is 0 Å². The quantitative estimate of drug-likeness (QED) is 0.914. The van der Waals surface area contributed by atoms with Crippen molar-refractivity contribution < 1.29 is 4.79 Å². The van der Waals surface area contributed by atoms with Gasteiger partial charge in [-0.3, -0.25) is 9.59 Å². The topological polar surface area (TPSA) is 54.3 Å². The van der Waals surface area contributed by atoms with Crippen LogP contribution in [0.2, 0.25) is 0 Å². The highest BCUT2D eigenvalue weighted by Gasteiger charge is 2.31.